The molecule has 0 bridgehead atoms. The van der Waals surface area contributed by atoms with E-state index in [2.05, 4.69) is 43.5 Å². The molecule has 0 aromatic carbocycles. The van der Waals surface area contributed by atoms with Crippen LogP contribution in [0.15, 0.2) is 24.3 Å². The van der Waals surface area contributed by atoms with Gasteiger partial charge in [0.2, 0.25) is 5.91 Å². The number of allylic oxidation sites excluding steroid dienone is 4. The van der Waals surface area contributed by atoms with Crippen molar-refractivity contribution in [1.82, 2.24) is 5.32 Å². The standard InChI is InChI=1S/C68H131NO5/c1-3-5-7-9-11-13-15-16-38-42-46-50-54-58-62-68(73)74-63-59-55-51-47-43-39-36-34-32-30-28-26-24-22-20-18-17-19-21-23-25-27-29-31-33-35-37-41-45-49-53-57-61-67(72)69-65(64-70)66(71)60-56-52-48-44-40-14-12-10-8-6-4-2/h15-16,20,22,65-66,70-71H,3-14,17-19,21,23-64H2,1-2H3,(H,69,72)/b16-15-,22-20-. The molecule has 0 spiro atoms. The second kappa shape index (κ2) is 63.9. The van der Waals surface area contributed by atoms with Gasteiger partial charge in [0.25, 0.3) is 0 Å². The summed E-state index contributed by atoms with van der Waals surface area (Å²) >= 11 is 0. The van der Waals surface area contributed by atoms with Crippen molar-refractivity contribution in [3.63, 3.8) is 0 Å². The molecule has 0 aliphatic heterocycles. The average molecular weight is 1040 g/mol. The molecule has 0 aliphatic carbocycles. The van der Waals surface area contributed by atoms with Crippen LogP contribution in [0.4, 0.5) is 0 Å². The number of unbranched alkanes of at least 4 members (excludes halogenated alkanes) is 48. The van der Waals surface area contributed by atoms with Crippen LogP contribution < -0.4 is 5.32 Å². The van der Waals surface area contributed by atoms with E-state index in [9.17, 15) is 19.8 Å². The van der Waals surface area contributed by atoms with Crippen molar-refractivity contribution in [2.45, 2.75) is 386 Å². The Hall–Kier alpha value is -1.66. The van der Waals surface area contributed by atoms with Crippen LogP contribution in [0.2, 0.25) is 0 Å². The first-order chi connectivity index (χ1) is 36.5. The maximum Gasteiger partial charge on any atom is 0.305 e. The predicted octanol–water partition coefficient (Wildman–Crippen LogP) is 21.4. The lowest BCUT2D eigenvalue weighted by Crippen LogP contribution is -2.45. The topological polar surface area (TPSA) is 95.9 Å². The summed E-state index contributed by atoms with van der Waals surface area (Å²) in [5.41, 5.74) is 0. The van der Waals surface area contributed by atoms with Crippen LogP contribution in [-0.4, -0.2) is 47.4 Å². The highest BCUT2D eigenvalue weighted by atomic mass is 16.5. The average Bonchev–Trinajstić information content (AvgIpc) is 3.40. The Morgan fingerprint density at radius 3 is 0.959 bits per heavy atom. The van der Waals surface area contributed by atoms with Gasteiger partial charge in [-0.2, -0.15) is 0 Å². The van der Waals surface area contributed by atoms with Gasteiger partial charge >= 0.3 is 5.97 Å². The number of aliphatic hydroxyl groups excluding tert-OH is 2. The molecule has 6 heteroatoms. The summed E-state index contributed by atoms with van der Waals surface area (Å²) in [5.74, 6) is -0.0218. The maximum atomic E-state index is 12.5. The SMILES string of the molecule is CCCCCCC/C=C\CCCCCCCC(=O)OCCCCCCCCCCCCCC/C=C\CCCCCCCCCCCCCCCCCCC(=O)NC(CO)C(O)CCCCCCCCCCCCC. The Labute approximate surface area is 462 Å². The highest BCUT2D eigenvalue weighted by Crippen LogP contribution is 2.18. The van der Waals surface area contributed by atoms with Crippen molar-refractivity contribution >= 4 is 11.9 Å². The van der Waals surface area contributed by atoms with E-state index < -0.39 is 12.1 Å². The molecule has 0 heterocycles. The zero-order valence-corrected chi connectivity index (χ0v) is 50.1. The summed E-state index contributed by atoms with van der Waals surface area (Å²) in [7, 11) is 0. The molecule has 0 aromatic heterocycles. The smallest absolute Gasteiger partial charge is 0.305 e. The number of hydrogen-bond donors (Lipinski definition) is 3. The highest BCUT2D eigenvalue weighted by Gasteiger charge is 2.20. The van der Waals surface area contributed by atoms with E-state index in [1.165, 1.54) is 295 Å². The van der Waals surface area contributed by atoms with Crippen LogP contribution in [0.1, 0.15) is 373 Å². The Balaban J connectivity index is 3.33. The first kappa shape index (κ1) is 72.3. The van der Waals surface area contributed by atoms with Gasteiger partial charge in [-0.1, -0.05) is 308 Å². The molecule has 2 atom stereocenters. The van der Waals surface area contributed by atoms with Crippen molar-refractivity contribution in [2.75, 3.05) is 13.2 Å². The number of ether oxygens (including phenoxy) is 1. The lowest BCUT2D eigenvalue weighted by Gasteiger charge is -2.22. The first-order valence-electron chi connectivity index (χ1n) is 33.6. The molecule has 1 amide bonds. The maximum absolute atomic E-state index is 12.5. The number of carbonyl (C=O) groups is 2. The molecule has 0 aliphatic rings. The summed E-state index contributed by atoms with van der Waals surface area (Å²) < 4.78 is 5.48. The zero-order valence-electron chi connectivity index (χ0n) is 50.1. The molecule has 0 saturated heterocycles. The van der Waals surface area contributed by atoms with E-state index in [1.807, 2.05) is 0 Å². The molecular weight excluding hydrogens is 911 g/mol. The van der Waals surface area contributed by atoms with Crippen LogP contribution in [0.3, 0.4) is 0 Å². The Kier molecular flexibility index (Phi) is 62.4. The van der Waals surface area contributed by atoms with Gasteiger partial charge in [-0.15, -0.1) is 0 Å². The van der Waals surface area contributed by atoms with Crippen molar-refractivity contribution < 1.29 is 24.5 Å². The number of rotatable bonds is 63. The summed E-state index contributed by atoms with van der Waals surface area (Å²) in [4.78, 5) is 24.5. The van der Waals surface area contributed by atoms with Gasteiger partial charge in [-0.25, -0.2) is 0 Å². The van der Waals surface area contributed by atoms with Crippen LogP contribution in [-0.2, 0) is 14.3 Å². The van der Waals surface area contributed by atoms with Crippen molar-refractivity contribution in [3.8, 4) is 0 Å². The number of carbonyl (C=O) groups excluding carboxylic acids is 2. The third-order valence-corrected chi connectivity index (χ3v) is 15.7. The first-order valence-corrected chi connectivity index (χ1v) is 33.6. The second-order valence-corrected chi connectivity index (χ2v) is 23.1. The molecule has 0 saturated carbocycles. The molecule has 0 fully saturated rings. The number of aliphatic hydroxyl groups is 2. The van der Waals surface area contributed by atoms with Crippen LogP contribution >= 0.6 is 0 Å². The molecule has 3 N–H and O–H groups in total. The minimum absolute atomic E-state index is 0.00998. The molecule has 2 unspecified atom stereocenters. The minimum atomic E-state index is -0.660. The monoisotopic (exact) mass is 1040 g/mol. The van der Waals surface area contributed by atoms with E-state index in [1.54, 1.807) is 0 Å². The fraction of sp³-hybridized carbons (Fsp3) is 0.912. The van der Waals surface area contributed by atoms with Gasteiger partial charge in [0.05, 0.1) is 25.4 Å². The Morgan fingerprint density at radius 2 is 0.635 bits per heavy atom. The summed E-state index contributed by atoms with van der Waals surface area (Å²) in [6, 6.07) is -0.537. The zero-order chi connectivity index (χ0) is 53.6. The normalized spacial score (nSPS) is 12.6. The highest BCUT2D eigenvalue weighted by molar-refractivity contribution is 5.76. The predicted molar refractivity (Wildman–Crippen MR) is 324 cm³/mol. The lowest BCUT2D eigenvalue weighted by molar-refractivity contribution is -0.143. The fourth-order valence-electron chi connectivity index (χ4n) is 10.6. The molecule has 0 rings (SSSR count). The number of hydrogen-bond acceptors (Lipinski definition) is 5. The van der Waals surface area contributed by atoms with E-state index in [4.69, 9.17) is 4.74 Å². The molecule has 438 valence electrons. The van der Waals surface area contributed by atoms with Gasteiger partial charge in [-0.3, -0.25) is 9.59 Å². The van der Waals surface area contributed by atoms with Crippen LogP contribution in [0.25, 0.3) is 0 Å². The number of nitrogens with one attached hydrogen (secondary N) is 1. The quantitative estimate of drug-likeness (QED) is 0.0320. The van der Waals surface area contributed by atoms with Gasteiger partial charge in [0, 0.05) is 12.8 Å². The number of amides is 1. The Morgan fingerprint density at radius 1 is 0.365 bits per heavy atom. The summed E-state index contributed by atoms with van der Waals surface area (Å²) in [5, 5.41) is 23.2. The van der Waals surface area contributed by atoms with Crippen molar-refractivity contribution in [1.29, 1.82) is 0 Å². The van der Waals surface area contributed by atoms with Crippen LogP contribution in [0, 0.1) is 0 Å². The molecular formula is C68H131NO5. The molecule has 74 heavy (non-hydrogen) atoms. The molecule has 0 radical (unpaired) electrons. The molecule has 6 nitrogen and oxygen atoms in total. The van der Waals surface area contributed by atoms with E-state index >= 15 is 0 Å². The third-order valence-electron chi connectivity index (χ3n) is 15.7. The number of esters is 1. The lowest BCUT2D eigenvalue weighted by atomic mass is 10.0. The van der Waals surface area contributed by atoms with Gasteiger partial charge < -0.3 is 20.3 Å². The largest absolute Gasteiger partial charge is 0.466 e. The van der Waals surface area contributed by atoms with Crippen molar-refractivity contribution in [3.05, 3.63) is 24.3 Å². The van der Waals surface area contributed by atoms with Gasteiger partial charge in [0.1, 0.15) is 0 Å². The Bertz CT molecular complexity index is 1150. The fourth-order valence-corrected chi connectivity index (χ4v) is 10.6. The molecule has 0 aromatic rings. The minimum Gasteiger partial charge on any atom is -0.466 e. The van der Waals surface area contributed by atoms with E-state index in [-0.39, 0.29) is 18.5 Å². The summed E-state index contributed by atoms with van der Waals surface area (Å²) in [6.45, 7) is 4.95. The van der Waals surface area contributed by atoms with E-state index in [0.29, 0.717) is 25.9 Å². The van der Waals surface area contributed by atoms with Crippen molar-refractivity contribution in [2.24, 2.45) is 0 Å². The third kappa shape index (κ3) is 59.6. The van der Waals surface area contributed by atoms with E-state index in [0.717, 1.165) is 44.9 Å². The summed E-state index contributed by atoms with van der Waals surface area (Å²) in [6.07, 6.45) is 79.4. The van der Waals surface area contributed by atoms with Crippen LogP contribution in [0.5, 0.6) is 0 Å². The second-order valence-electron chi connectivity index (χ2n) is 23.1. The van der Waals surface area contributed by atoms with Gasteiger partial charge in [0.15, 0.2) is 0 Å². The van der Waals surface area contributed by atoms with Gasteiger partial charge in [-0.05, 0) is 77.0 Å².